The minimum atomic E-state index is -0.710. The van der Waals surface area contributed by atoms with E-state index >= 15 is 0 Å². The van der Waals surface area contributed by atoms with Gasteiger partial charge in [0.15, 0.2) is 17.5 Å². The lowest BCUT2D eigenvalue weighted by atomic mass is 10.4. The molecule has 2 aromatic rings. The summed E-state index contributed by atoms with van der Waals surface area (Å²) in [6.45, 7) is 2.31. The van der Waals surface area contributed by atoms with Crippen LogP contribution in [0.1, 0.15) is 6.92 Å². The maximum atomic E-state index is 13.6. The Morgan fingerprint density at radius 2 is 2.17 bits per heavy atom. The molecule has 0 saturated carbocycles. The third-order valence-electron chi connectivity index (χ3n) is 2.00. The minimum absolute atomic E-state index is 0.0375. The monoisotopic (exact) mass is 268 g/mol. The van der Waals surface area contributed by atoms with Gasteiger partial charge in [0.1, 0.15) is 16.4 Å². The third-order valence-corrected chi connectivity index (χ3v) is 2.93. The first kappa shape index (κ1) is 12.7. The summed E-state index contributed by atoms with van der Waals surface area (Å²) in [5.41, 5.74) is 0. The number of nitrogens with zero attached hydrogens (tertiary/aromatic N) is 3. The molecule has 0 unspecified atom stereocenters. The van der Waals surface area contributed by atoms with Crippen LogP contribution >= 0.6 is 11.8 Å². The van der Waals surface area contributed by atoms with Crippen molar-refractivity contribution in [3.8, 4) is 0 Å². The van der Waals surface area contributed by atoms with Gasteiger partial charge in [-0.3, -0.25) is 0 Å². The van der Waals surface area contributed by atoms with Crippen LogP contribution in [0.4, 0.5) is 14.6 Å². The van der Waals surface area contributed by atoms with E-state index in [2.05, 4.69) is 20.3 Å². The molecule has 2 aromatic heterocycles. The van der Waals surface area contributed by atoms with Gasteiger partial charge in [0, 0.05) is 18.8 Å². The quantitative estimate of drug-likeness (QED) is 0.864. The van der Waals surface area contributed by atoms with Crippen LogP contribution < -0.4 is 5.32 Å². The molecule has 18 heavy (non-hydrogen) atoms. The molecule has 0 saturated heterocycles. The van der Waals surface area contributed by atoms with Crippen LogP contribution in [0.5, 0.6) is 0 Å². The minimum Gasteiger partial charge on any atom is -0.368 e. The van der Waals surface area contributed by atoms with Gasteiger partial charge in [-0.25, -0.2) is 23.7 Å². The van der Waals surface area contributed by atoms with Gasteiger partial charge in [0.2, 0.25) is 0 Å². The predicted molar refractivity (Wildman–Crippen MR) is 64.5 cm³/mol. The Labute approximate surface area is 107 Å². The van der Waals surface area contributed by atoms with Crippen molar-refractivity contribution in [3.05, 3.63) is 36.3 Å². The fraction of sp³-hybridized carbons (Fsp3) is 0.182. The lowest BCUT2D eigenvalue weighted by molar-refractivity contribution is 0.551. The van der Waals surface area contributed by atoms with Gasteiger partial charge in [-0.15, -0.1) is 0 Å². The highest BCUT2D eigenvalue weighted by Crippen LogP contribution is 2.28. The van der Waals surface area contributed by atoms with Gasteiger partial charge in [0.25, 0.3) is 0 Å². The summed E-state index contributed by atoms with van der Waals surface area (Å²) in [4.78, 5) is 11.6. The van der Waals surface area contributed by atoms with Gasteiger partial charge in [0.05, 0.1) is 0 Å². The average molecular weight is 268 g/mol. The molecule has 0 aliphatic rings. The van der Waals surface area contributed by atoms with Crippen LogP contribution in [0.15, 0.2) is 34.7 Å². The number of hydrogen-bond acceptors (Lipinski definition) is 5. The van der Waals surface area contributed by atoms with Gasteiger partial charge in [-0.2, -0.15) is 0 Å². The molecule has 0 fully saturated rings. The van der Waals surface area contributed by atoms with Crippen molar-refractivity contribution in [2.45, 2.75) is 17.0 Å². The summed E-state index contributed by atoms with van der Waals surface area (Å²) in [6, 6.07) is 2.44. The Kier molecular flexibility index (Phi) is 4.03. The zero-order valence-electron chi connectivity index (χ0n) is 9.52. The van der Waals surface area contributed by atoms with Crippen LogP contribution in [-0.4, -0.2) is 21.5 Å². The van der Waals surface area contributed by atoms with Crippen LogP contribution in [0, 0.1) is 11.6 Å². The maximum Gasteiger partial charge on any atom is 0.168 e. The Bertz CT molecular complexity index is 536. The highest BCUT2D eigenvalue weighted by molar-refractivity contribution is 7.99. The molecule has 0 bridgehead atoms. The van der Waals surface area contributed by atoms with Crippen molar-refractivity contribution < 1.29 is 8.78 Å². The summed E-state index contributed by atoms with van der Waals surface area (Å²) in [5, 5.41) is 3.35. The van der Waals surface area contributed by atoms with Crippen LogP contribution in [-0.2, 0) is 0 Å². The Morgan fingerprint density at radius 3 is 2.83 bits per heavy atom. The van der Waals surface area contributed by atoms with Crippen molar-refractivity contribution >= 4 is 17.6 Å². The number of anilines is 1. The van der Waals surface area contributed by atoms with Crippen molar-refractivity contribution in [1.29, 1.82) is 0 Å². The number of pyridine rings is 1. The van der Waals surface area contributed by atoms with E-state index in [4.69, 9.17) is 0 Å². The molecular formula is C11H10F2N4S. The standard InChI is InChI=1S/C11H10F2N4S/c1-2-15-10-7(12)5-8(13)11(17-10)18-9-3-4-14-6-16-9/h3-6H,2H2,1H3,(H,15,17). The summed E-state index contributed by atoms with van der Waals surface area (Å²) >= 11 is 1.02. The Morgan fingerprint density at radius 1 is 1.33 bits per heavy atom. The molecule has 94 valence electrons. The third kappa shape index (κ3) is 2.92. The second kappa shape index (κ2) is 5.72. The van der Waals surface area contributed by atoms with E-state index in [0.29, 0.717) is 11.6 Å². The van der Waals surface area contributed by atoms with Crippen molar-refractivity contribution in [1.82, 2.24) is 15.0 Å². The molecule has 7 heteroatoms. The molecule has 0 spiro atoms. The van der Waals surface area contributed by atoms with Gasteiger partial charge < -0.3 is 5.32 Å². The number of rotatable bonds is 4. The molecule has 0 atom stereocenters. The summed E-state index contributed by atoms with van der Waals surface area (Å²) in [5.74, 6) is -1.38. The van der Waals surface area contributed by atoms with Crippen molar-refractivity contribution in [2.24, 2.45) is 0 Å². The lowest BCUT2D eigenvalue weighted by Crippen LogP contribution is -2.04. The molecule has 0 aromatic carbocycles. The highest BCUT2D eigenvalue weighted by Gasteiger charge is 2.13. The fourth-order valence-electron chi connectivity index (χ4n) is 1.25. The maximum absolute atomic E-state index is 13.6. The zero-order valence-corrected chi connectivity index (χ0v) is 10.3. The lowest BCUT2D eigenvalue weighted by Gasteiger charge is -2.07. The van der Waals surface area contributed by atoms with E-state index in [0.717, 1.165) is 17.8 Å². The summed E-state index contributed by atoms with van der Waals surface area (Å²) in [7, 11) is 0. The smallest absolute Gasteiger partial charge is 0.168 e. The first-order valence-corrected chi connectivity index (χ1v) is 6.06. The Balaban J connectivity index is 2.30. The van der Waals surface area contributed by atoms with Gasteiger partial charge in [-0.1, -0.05) is 0 Å². The molecule has 4 nitrogen and oxygen atoms in total. The van der Waals surface area contributed by atoms with E-state index < -0.39 is 11.6 Å². The van der Waals surface area contributed by atoms with Gasteiger partial charge >= 0.3 is 0 Å². The second-order valence-corrected chi connectivity index (χ2v) is 4.29. The predicted octanol–water partition coefficient (Wildman–Crippen LogP) is 2.73. The average Bonchev–Trinajstić information content (AvgIpc) is 2.37. The second-order valence-electron chi connectivity index (χ2n) is 3.29. The number of hydrogen-bond donors (Lipinski definition) is 1. The van der Waals surface area contributed by atoms with E-state index in [9.17, 15) is 8.78 Å². The molecule has 0 aliphatic heterocycles. The van der Waals surface area contributed by atoms with E-state index in [-0.39, 0.29) is 10.8 Å². The molecule has 0 radical (unpaired) electrons. The summed E-state index contributed by atoms with van der Waals surface area (Å²) < 4.78 is 26.9. The Hall–Kier alpha value is -1.76. The van der Waals surface area contributed by atoms with Crippen LogP contribution in [0.3, 0.4) is 0 Å². The summed E-state index contributed by atoms with van der Waals surface area (Å²) in [6.07, 6.45) is 2.90. The van der Waals surface area contributed by atoms with Crippen molar-refractivity contribution in [2.75, 3.05) is 11.9 Å². The fourth-order valence-corrected chi connectivity index (χ4v) is 1.97. The van der Waals surface area contributed by atoms with Crippen LogP contribution in [0.2, 0.25) is 0 Å². The van der Waals surface area contributed by atoms with E-state index in [1.165, 1.54) is 6.33 Å². The van der Waals surface area contributed by atoms with E-state index in [1.807, 2.05) is 6.92 Å². The van der Waals surface area contributed by atoms with E-state index in [1.54, 1.807) is 12.3 Å². The van der Waals surface area contributed by atoms with Crippen LogP contribution in [0.25, 0.3) is 0 Å². The molecule has 0 aliphatic carbocycles. The first-order valence-electron chi connectivity index (χ1n) is 5.24. The largest absolute Gasteiger partial charge is 0.368 e. The molecule has 1 N–H and O–H groups in total. The number of halogens is 2. The topological polar surface area (TPSA) is 50.7 Å². The number of nitrogens with one attached hydrogen (secondary N) is 1. The normalized spacial score (nSPS) is 10.4. The molecule has 2 rings (SSSR count). The SMILES string of the molecule is CCNc1nc(Sc2ccncn2)c(F)cc1F. The molecule has 0 amide bonds. The zero-order chi connectivity index (χ0) is 13.0. The molecular weight excluding hydrogens is 258 g/mol. The van der Waals surface area contributed by atoms with Crippen molar-refractivity contribution in [3.63, 3.8) is 0 Å². The molecule has 2 heterocycles. The number of aromatic nitrogens is 3. The first-order chi connectivity index (χ1) is 8.70. The highest BCUT2D eigenvalue weighted by atomic mass is 32.2. The van der Waals surface area contributed by atoms with Gasteiger partial charge in [-0.05, 0) is 24.8 Å².